The Labute approximate surface area is 247 Å². The Morgan fingerprint density at radius 3 is 2.60 bits per heavy atom. The normalized spacial score (nSPS) is 13.7. The second kappa shape index (κ2) is 11.6. The van der Waals surface area contributed by atoms with Crippen LogP contribution in [0.3, 0.4) is 0 Å². The minimum absolute atomic E-state index is 0.125. The molecule has 1 amide bonds. The molecule has 1 fully saturated rings. The molecule has 13 heteroatoms. The first-order chi connectivity index (χ1) is 19.5. The summed E-state index contributed by atoms with van der Waals surface area (Å²) in [4.78, 5) is 21.5. The largest absolute Gasteiger partial charge is 0.461 e. The highest BCUT2D eigenvalue weighted by atomic mass is 35.5. The molecule has 1 aliphatic heterocycles. The number of aromatic nitrogens is 4. The Morgan fingerprint density at radius 2 is 1.85 bits per heavy atom. The fourth-order valence-electron chi connectivity index (χ4n) is 4.41. The van der Waals surface area contributed by atoms with E-state index < -0.39 is 0 Å². The fraction of sp³-hybridized carbons (Fsp3) is 0.185. The summed E-state index contributed by atoms with van der Waals surface area (Å²) in [6.07, 6.45) is 1.57. The molecule has 0 saturated carbocycles. The number of amides is 1. The second-order valence-electron chi connectivity index (χ2n) is 8.86. The number of hydrogen-bond donors (Lipinski definition) is 0. The lowest BCUT2D eigenvalue weighted by Crippen LogP contribution is -2.49. The highest BCUT2D eigenvalue weighted by Gasteiger charge is 2.25. The Balaban J connectivity index is 1.14. The predicted molar refractivity (Wildman–Crippen MR) is 155 cm³/mol. The summed E-state index contributed by atoms with van der Waals surface area (Å²) in [5.41, 5.74) is 1.70. The lowest BCUT2D eigenvalue weighted by molar-refractivity contribution is 0.0741. The molecule has 0 aliphatic carbocycles. The quantitative estimate of drug-likeness (QED) is 0.189. The standard InChI is InChI=1S/C27H21Cl2FN6O2S2/c28-18-8-7-17(14-19(18)29)36-25(23-6-3-13-38-23)32-33-27(36)40-16-24-31-21(15-39-24)26(37)35-11-9-34(10-12-35)22-5-2-1-4-20(22)30/h1-8,13-15H,9-12,16H2. The van der Waals surface area contributed by atoms with Gasteiger partial charge in [-0.25, -0.2) is 9.37 Å². The molecule has 0 spiro atoms. The molecule has 1 saturated heterocycles. The van der Waals surface area contributed by atoms with Gasteiger partial charge in [-0.05, 0) is 42.5 Å². The van der Waals surface area contributed by atoms with Gasteiger partial charge in [0.05, 0.1) is 33.4 Å². The maximum Gasteiger partial charge on any atom is 0.273 e. The van der Waals surface area contributed by atoms with Crippen LogP contribution in [0.2, 0.25) is 10.0 Å². The number of piperazine rings is 1. The van der Waals surface area contributed by atoms with Crippen molar-refractivity contribution in [1.82, 2.24) is 24.6 Å². The Hall–Kier alpha value is -3.38. The molecule has 2 aromatic carbocycles. The topological polar surface area (TPSA) is 80.3 Å². The number of furan rings is 1. The monoisotopic (exact) mass is 614 g/mol. The third-order valence-electron chi connectivity index (χ3n) is 6.39. The van der Waals surface area contributed by atoms with Gasteiger partial charge >= 0.3 is 0 Å². The van der Waals surface area contributed by atoms with Crippen molar-refractivity contribution >= 4 is 57.9 Å². The number of rotatable bonds is 7. The van der Waals surface area contributed by atoms with Crippen molar-refractivity contribution in [3.63, 3.8) is 0 Å². The van der Waals surface area contributed by atoms with Crippen molar-refractivity contribution in [3.8, 4) is 17.3 Å². The van der Waals surface area contributed by atoms with Crippen LogP contribution < -0.4 is 4.90 Å². The van der Waals surface area contributed by atoms with Gasteiger partial charge in [-0.15, -0.1) is 21.5 Å². The molecule has 5 aromatic rings. The van der Waals surface area contributed by atoms with Gasteiger partial charge in [0.2, 0.25) is 5.82 Å². The van der Waals surface area contributed by atoms with Gasteiger partial charge in [0.1, 0.15) is 16.5 Å². The Bertz CT molecular complexity index is 1650. The molecule has 0 unspecified atom stereocenters. The van der Waals surface area contributed by atoms with E-state index in [1.807, 2.05) is 21.6 Å². The fourth-order valence-corrected chi connectivity index (χ4v) is 6.44. The lowest BCUT2D eigenvalue weighted by Gasteiger charge is -2.35. The first kappa shape index (κ1) is 26.8. The Kier molecular flexibility index (Phi) is 7.79. The van der Waals surface area contributed by atoms with E-state index in [1.165, 1.54) is 29.2 Å². The average molecular weight is 616 g/mol. The van der Waals surface area contributed by atoms with Gasteiger partial charge in [0.15, 0.2) is 10.9 Å². The van der Waals surface area contributed by atoms with Crippen molar-refractivity contribution in [2.75, 3.05) is 31.1 Å². The number of anilines is 1. The van der Waals surface area contributed by atoms with Gasteiger partial charge < -0.3 is 14.2 Å². The third kappa shape index (κ3) is 5.46. The van der Waals surface area contributed by atoms with Crippen LogP contribution in [-0.2, 0) is 5.75 Å². The summed E-state index contributed by atoms with van der Waals surface area (Å²) in [5, 5.41) is 12.7. The zero-order valence-electron chi connectivity index (χ0n) is 20.8. The SMILES string of the molecule is O=C(c1csc(CSc2nnc(-c3ccco3)n2-c2ccc(Cl)c(Cl)c2)n1)N1CCN(c2ccccc2F)CC1. The first-order valence-corrected chi connectivity index (χ1v) is 14.9. The molecule has 8 nitrogen and oxygen atoms in total. The van der Waals surface area contributed by atoms with Crippen LogP contribution in [0, 0.1) is 5.82 Å². The van der Waals surface area contributed by atoms with Gasteiger partial charge in [-0.3, -0.25) is 9.36 Å². The van der Waals surface area contributed by atoms with Crippen molar-refractivity contribution in [2.45, 2.75) is 10.9 Å². The zero-order valence-corrected chi connectivity index (χ0v) is 24.0. The first-order valence-electron chi connectivity index (χ1n) is 12.3. The highest BCUT2D eigenvalue weighted by molar-refractivity contribution is 7.98. The molecule has 0 N–H and O–H groups in total. The number of halogens is 3. The van der Waals surface area contributed by atoms with E-state index in [0.717, 1.165) is 10.7 Å². The summed E-state index contributed by atoms with van der Waals surface area (Å²) in [5.74, 6) is 1.18. The summed E-state index contributed by atoms with van der Waals surface area (Å²) in [7, 11) is 0. The third-order valence-corrected chi connectivity index (χ3v) is 9.10. The molecule has 6 rings (SSSR count). The van der Waals surface area contributed by atoms with E-state index in [-0.39, 0.29) is 11.7 Å². The molecule has 40 heavy (non-hydrogen) atoms. The number of hydrogen-bond acceptors (Lipinski definition) is 8. The van der Waals surface area contributed by atoms with Gasteiger partial charge in [-0.1, -0.05) is 47.1 Å². The van der Waals surface area contributed by atoms with Crippen molar-refractivity contribution in [2.24, 2.45) is 0 Å². The molecule has 0 radical (unpaired) electrons. The van der Waals surface area contributed by atoms with Crippen LogP contribution in [0.5, 0.6) is 0 Å². The highest BCUT2D eigenvalue weighted by Crippen LogP contribution is 2.33. The smallest absolute Gasteiger partial charge is 0.273 e. The molecule has 0 atom stereocenters. The molecule has 3 aromatic heterocycles. The van der Waals surface area contributed by atoms with Gasteiger partial charge in [0.25, 0.3) is 5.91 Å². The number of thioether (sulfide) groups is 1. The van der Waals surface area contributed by atoms with Gasteiger partial charge in [0, 0.05) is 31.6 Å². The number of nitrogens with zero attached hydrogens (tertiary/aromatic N) is 6. The molecule has 4 heterocycles. The maximum atomic E-state index is 14.2. The number of benzene rings is 2. The lowest BCUT2D eigenvalue weighted by atomic mass is 10.2. The number of carbonyl (C=O) groups excluding carboxylic acids is 1. The summed E-state index contributed by atoms with van der Waals surface area (Å²) >= 11 is 15.3. The number of thiazole rings is 1. The van der Waals surface area contributed by atoms with Crippen molar-refractivity contribution in [1.29, 1.82) is 0 Å². The number of carbonyl (C=O) groups is 1. The van der Waals surface area contributed by atoms with Gasteiger partial charge in [-0.2, -0.15) is 0 Å². The molecular weight excluding hydrogens is 594 g/mol. The van der Waals surface area contributed by atoms with Crippen LogP contribution in [0.15, 0.2) is 75.8 Å². The molecule has 1 aliphatic rings. The second-order valence-corrected chi connectivity index (χ2v) is 11.6. The summed E-state index contributed by atoms with van der Waals surface area (Å²) in [6, 6.07) is 15.6. The minimum Gasteiger partial charge on any atom is -0.461 e. The van der Waals surface area contributed by atoms with Crippen LogP contribution in [-0.4, -0.2) is 56.7 Å². The van der Waals surface area contributed by atoms with E-state index >= 15 is 0 Å². The summed E-state index contributed by atoms with van der Waals surface area (Å²) < 4.78 is 21.6. The Morgan fingerprint density at radius 1 is 1.02 bits per heavy atom. The molecule has 204 valence electrons. The minimum atomic E-state index is -0.254. The molecular formula is C27H21Cl2FN6O2S2. The van der Waals surface area contributed by atoms with E-state index in [1.54, 1.807) is 52.9 Å². The maximum absolute atomic E-state index is 14.2. The van der Waals surface area contributed by atoms with Crippen LogP contribution in [0.25, 0.3) is 17.3 Å². The van der Waals surface area contributed by atoms with Crippen LogP contribution in [0.1, 0.15) is 15.5 Å². The molecule has 0 bridgehead atoms. The van der Waals surface area contributed by atoms with Crippen LogP contribution >= 0.6 is 46.3 Å². The number of para-hydroxylation sites is 1. The average Bonchev–Trinajstić information content (AvgIpc) is 3.74. The van der Waals surface area contributed by atoms with Crippen LogP contribution in [0.4, 0.5) is 10.1 Å². The van der Waals surface area contributed by atoms with Crippen molar-refractivity contribution in [3.05, 3.63) is 92.8 Å². The summed E-state index contributed by atoms with van der Waals surface area (Å²) in [6.45, 7) is 2.11. The van der Waals surface area contributed by atoms with E-state index in [4.69, 9.17) is 27.6 Å². The predicted octanol–water partition coefficient (Wildman–Crippen LogP) is 6.68. The van der Waals surface area contributed by atoms with E-state index in [2.05, 4.69) is 15.2 Å². The zero-order chi connectivity index (χ0) is 27.6. The van der Waals surface area contributed by atoms with E-state index in [9.17, 15) is 9.18 Å². The van der Waals surface area contributed by atoms with Crippen molar-refractivity contribution < 1.29 is 13.6 Å². The van der Waals surface area contributed by atoms with E-state index in [0.29, 0.717) is 70.1 Å².